The highest BCUT2D eigenvalue weighted by atomic mass is 16.5. The minimum Gasteiger partial charge on any atom is -0.450 e. The summed E-state index contributed by atoms with van der Waals surface area (Å²) in [6.07, 6.45) is 3.77. The van der Waals surface area contributed by atoms with Gasteiger partial charge in [-0.15, -0.1) is 0 Å². The lowest BCUT2D eigenvalue weighted by Crippen LogP contribution is -2.13. The van der Waals surface area contributed by atoms with E-state index in [4.69, 9.17) is 4.74 Å². The Balaban J connectivity index is 1.85. The number of carbonyl (C=O) groups excluding carboxylic acids is 1. The number of hydrogen-bond acceptors (Lipinski definition) is 3. The molecule has 0 fully saturated rings. The number of anilines is 2. The van der Waals surface area contributed by atoms with E-state index in [9.17, 15) is 4.79 Å². The summed E-state index contributed by atoms with van der Waals surface area (Å²) in [5.74, 6) is 0. The molecule has 0 aliphatic rings. The third kappa shape index (κ3) is 4.56. The number of nitrogens with one attached hydrogen (secondary N) is 2. The number of benzene rings is 1. The number of aromatic nitrogens is 1. The number of amides is 1. The van der Waals surface area contributed by atoms with Gasteiger partial charge in [-0.05, 0) is 49.7 Å². The molecule has 0 bridgehead atoms. The first kappa shape index (κ1) is 15.0. The Labute approximate surface area is 124 Å². The minimum absolute atomic E-state index is 0.364. The van der Waals surface area contributed by atoms with Crippen molar-refractivity contribution in [1.82, 2.24) is 4.57 Å². The first-order chi connectivity index (χ1) is 10.2. The summed E-state index contributed by atoms with van der Waals surface area (Å²) >= 11 is 0. The third-order valence-electron chi connectivity index (χ3n) is 3.08. The van der Waals surface area contributed by atoms with Crippen LogP contribution < -0.4 is 10.6 Å². The smallest absolute Gasteiger partial charge is 0.411 e. The molecule has 0 saturated carbocycles. The number of carbonyl (C=O) groups is 1. The SMILES string of the molecule is CCOC(=O)Nc1ccc(NCc2ccn(CC)c2)cc1. The summed E-state index contributed by atoms with van der Waals surface area (Å²) in [5.41, 5.74) is 2.97. The lowest BCUT2D eigenvalue weighted by Gasteiger charge is -2.08. The number of rotatable bonds is 6. The van der Waals surface area contributed by atoms with Gasteiger partial charge in [0.1, 0.15) is 0 Å². The van der Waals surface area contributed by atoms with Crippen LogP contribution in [0.25, 0.3) is 0 Å². The molecule has 1 amide bonds. The molecule has 2 N–H and O–H groups in total. The minimum atomic E-state index is -0.431. The van der Waals surface area contributed by atoms with E-state index in [-0.39, 0.29) is 0 Å². The van der Waals surface area contributed by atoms with Gasteiger partial charge in [-0.2, -0.15) is 0 Å². The Morgan fingerprint density at radius 3 is 2.48 bits per heavy atom. The molecule has 5 nitrogen and oxygen atoms in total. The second-order valence-corrected chi connectivity index (χ2v) is 4.63. The second kappa shape index (κ2) is 7.38. The summed E-state index contributed by atoms with van der Waals surface area (Å²) in [7, 11) is 0. The summed E-state index contributed by atoms with van der Waals surface area (Å²) in [5, 5.41) is 6.01. The Morgan fingerprint density at radius 1 is 1.14 bits per heavy atom. The van der Waals surface area contributed by atoms with Crippen LogP contribution in [0, 0.1) is 0 Å². The van der Waals surface area contributed by atoms with Crippen LogP contribution >= 0.6 is 0 Å². The number of nitrogens with zero attached hydrogens (tertiary/aromatic N) is 1. The summed E-state index contributed by atoms with van der Waals surface area (Å²) in [6.45, 7) is 6.01. The molecule has 1 aromatic carbocycles. The second-order valence-electron chi connectivity index (χ2n) is 4.63. The average molecular weight is 287 g/mol. The topological polar surface area (TPSA) is 55.3 Å². The fourth-order valence-corrected chi connectivity index (χ4v) is 1.95. The highest BCUT2D eigenvalue weighted by Crippen LogP contribution is 2.15. The summed E-state index contributed by atoms with van der Waals surface area (Å²) in [4.78, 5) is 11.3. The van der Waals surface area contributed by atoms with Crippen LogP contribution in [0.4, 0.5) is 16.2 Å². The molecule has 1 aromatic heterocycles. The molecule has 0 radical (unpaired) electrons. The number of ether oxygens (including phenoxy) is 1. The van der Waals surface area contributed by atoms with Crippen LogP contribution in [0.5, 0.6) is 0 Å². The molecule has 2 aromatic rings. The van der Waals surface area contributed by atoms with Gasteiger partial charge in [0.25, 0.3) is 0 Å². The van der Waals surface area contributed by atoms with E-state index in [2.05, 4.69) is 40.6 Å². The van der Waals surface area contributed by atoms with E-state index < -0.39 is 6.09 Å². The van der Waals surface area contributed by atoms with Crippen molar-refractivity contribution in [2.45, 2.75) is 26.9 Å². The molecular weight excluding hydrogens is 266 g/mol. The zero-order chi connectivity index (χ0) is 15.1. The molecular formula is C16H21N3O2. The van der Waals surface area contributed by atoms with Crippen molar-refractivity contribution in [2.24, 2.45) is 0 Å². The molecule has 0 aliphatic heterocycles. The first-order valence-corrected chi connectivity index (χ1v) is 7.13. The van der Waals surface area contributed by atoms with Crippen LogP contribution in [0.1, 0.15) is 19.4 Å². The Hall–Kier alpha value is -2.43. The highest BCUT2D eigenvalue weighted by Gasteiger charge is 2.02. The normalized spacial score (nSPS) is 10.2. The van der Waals surface area contributed by atoms with Crippen molar-refractivity contribution in [2.75, 3.05) is 17.2 Å². The lowest BCUT2D eigenvalue weighted by atomic mass is 10.2. The molecule has 0 spiro atoms. The van der Waals surface area contributed by atoms with E-state index in [1.165, 1.54) is 5.56 Å². The summed E-state index contributed by atoms with van der Waals surface area (Å²) < 4.78 is 6.97. The van der Waals surface area contributed by atoms with Crippen molar-refractivity contribution in [3.63, 3.8) is 0 Å². The number of hydrogen-bond donors (Lipinski definition) is 2. The van der Waals surface area contributed by atoms with Crippen LogP contribution in [0.15, 0.2) is 42.7 Å². The largest absolute Gasteiger partial charge is 0.450 e. The Morgan fingerprint density at radius 2 is 1.86 bits per heavy atom. The standard InChI is InChI=1S/C16H21N3O2/c1-3-19-10-9-13(12-19)11-17-14-5-7-15(8-6-14)18-16(20)21-4-2/h5-10,12,17H,3-4,11H2,1-2H3,(H,18,20). The van der Waals surface area contributed by atoms with Crippen LogP contribution in [-0.2, 0) is 17.8 Å². The van der Waals surface area contributed by atoms with Crippen LogP contribution in [0.2, 0.25) is 0 Å². The molecule has 21 heavy (non-hydrogen) atoms. The van der Waals surface area contributed by atoms with Crippen molar-refractivity contribution < 1.29 is 9.53 Å². The molecule has 0 atom stereocenters. The van der Waals surface area contributed by atoms with Crippen molar-refractivity contribution in [3.8, 4) is 0 Å². The van der Waals surface area contributed by atoms with Gasteiger partial charge in [0.2, 0.25) is 0 Å². The summed E-state index contributed by atoms with van der Waals surface area (Å²) in [6, 6.07) is 9.65. The van der Waals surface area contributed by atoms with Crippen molar-refractivity contribution in [1.29, 1.82) is 0 Å². The van der Waals surface area contributed by atoms with Gasteiger partial charge >= 0.3 is 6.09 Å². The predicted octanol–water partition coefficient (Wildman–Crippen LogP) is 3.69. The molecule has 5 heteroatoms. The molecule has 0 unspecified atom stereocenters. The van der Waals surface area contributed by atoms with E-state index >= 15 is 0 Å². The fraction of sp³-hybridized carbons (Fsp3) is 0.312. The van der Waals surface area contributed by atoms with Gasteiger partial charge < -0.3 is 14.6 Å². The van der Waals surface area contributed by atoms with Gasteiger partial charge in [-0.3, -0.25) is 5.32 Å². The quantitative estimate of drug-likeness (QED) is 0.852. The van der Waals surface area contributed by atoms with E-state index in [0.717, 1.165) is 24.5 Å². The van der Waals surface area contributed by atoms with Gasteiger partial charge in [-0.25, -0.2) is 4.79 Å². The van der Waals surface area contributed by atoms with Crippen molar-refractivity contribution in [3.05, 3.63) is 48.3 Å². The Kier molecular flexibility index (Phi) is 5.26. The molecule has 0 aliphatic carbocycles. The van der Waals surface area contributed by atoms with Gasteiger partial charge in [0.05, 0.1) is 6.61 Å². The van der Waals surface area contributed by atoms with E-state index in [1.807, 2.05) is 24.3 Å². The van der Waals surface area contributed by atoms with Gasteiger partial charge in [0.15, 0.2) is 0 Å². The lowest BCUT2D eigenvalue weighted by molar-refractivity contribution is 0.168. The van der Waals surface area contributed by atoms with Crippen LogP contribution in [0.3, 0.4) is 0 Å². The average Bonchev–Trinajstić information content (AvgIpc) is 2.95. The zero-order valence-corrected chi connectivity index (χ0v) is 12.4. The first-order valence-electron chi connectivity index (χ1n) is 7.13. The molecule has 112 valence electrons. The van der Waals surface area contributed by atoms with Crippen molar-refractivity contribution >= 4 is 17.5 Å². The maximum absolute atomic E-state index is 11.3. The molecule has 0 saturated heterocycles. The predicted molar refractivity (Wildman–Crippen MR) is 84.5 cm³/mol. The zero-order valence-electron chi connectivity index (χ0n) is 12.4. The van der Waals surface area contributed by atoms with Gasteiger partial charge in [-0.1, -0.05) is 0 Å². The fourth-order valence-electron chi connectivity index (χ4n) is 1.95. The molecule has 1 heterocycles. The van der Waals surface area contributed by atoms with E-state index in [1.54, 1.807) is 6.92 Å². The monoisotopic (exact) mass is 287 g/mol. The van der Waals surface area contributed by atoms with Crippen LogP contribution in [-0.4, -0.2) is 17.3 Å². The Bertz CT molecular complexity index is 575. The maximum Gasteiger partial charge on any atom is 0.411 e. The highest BCUT2D eigenvalue weighted by molar-refractivity contribution is 5.84. The van der Waals surface area contributed by atoms with Gasteiger partial charge in [0, 0.05) is 36.9 Å². The third-order valence-corrected chi connectivity index (χ3v) is 3.08. The number of aryl methyl sites for hydroxylation is 1. The van der Waals surface area contributed by atoms with E-state index in [0.29, 0.717) is 6.61 Å². The maximum atomic E-state index is 11.3. The molecule has 2 rings (SSSR count).